The number of amides is 1. The average Bonchev–Trinajstić information content (AvgIpc) is 2.49. The van der Waals surface area contributed by atoms with Crippen LogP contribution in [0.4, 0.5) is 0 Å². The molecule has 1 aromatic heterocycles. The van der Waals surface area contributed by atoms with Crippen molar-refractivity contribution < 1.29 is 4.79 Å². The van der Waals surface area contributed by atoms with E-state index in [4.69, 9.17) is 5.73 Å². The highest BCUT2D eigenvalue weighted by Crippen LogP contribution is 2.60. The molecule has 1 amide bonds. The van der Waals surface area contributed by atoms with Crippen LogP contribution in [-0.4, -0.2) is 16.1 Å². The minimum atomic E-state index is -0.411. The Morgan fingerprint density at radius 1 is 1.69 bits per heavy atom. The van der Waals surface area contributed by atoms with Gasteiger partial charge in [0.25, 0.3) is 5.91 Å². The van der Waals surface area contributed by atoms with Crippen molar-refractivity contribution in [1.29, 1.82) is 0 Å². The summed E-state index contributed by atoms with van der Waals surface area (Å²) >= 11 is 0. The number of aromatic amines is 1. The molecule has 2 aliphatic carbocycles. The highest BCUT2D eigenvalue weighted by atomic mass is 16.1. The Kier molecular flexibility index (Phi) is 1.07. The van der Waals surface area contributed by atoms with E-state index in [1.54, 1.807) is 0 Å². The maximum Gasteiger partial charge on any atom is 0.269 e. The quantitative estimate of drug-likeness (QED) is 0.652. The number of rotatable bonds is 1. The summed E-state index contributed by atoms with van der Waals surface area (Å²) in [5.74, 6) is 1.71. The third-order valence-electron chi connectivity index (χ3n) is 3.47. The normalized spacial score (nSPS) is 34.1. The number of carbonyl (C=O) groups excluding carboxylic acids is 1. The second kappa shape index (κ2) is 1.95. The number of aromatic nitrogens is 2. The van der Waals surface area contributed by atoms with Gasteiger partial charge in [0.1, 0.15) is 0 Å². The predicted octanol–water partition coefficient (Wildman–Crippen LogP) is 0.414. The average molecular weight is 177 g/mol. The number of H-pyrrole nitrogens is 1. The molecule has 3 rings (SSSR count). The third kappa shape index (κ3) is 0.709. The van der Waals surface area contributed by atoms with Crippen molar-refractivity contribution >= 4 is 5.91 Å². The number of nitrogens with one attached hydrogen (secondary N) is 1. The Hall–Kier alpha value is -1.32. The van der Waals surface area contributed by atoms with E-state index in [2.05, 4.69) is 17.1 Å². The first kappa shape index (κ1) is 7.12. The molecular formula is C9H11N3O. The summed E-state index contributed by atoms with van der Waals surface area (Å²) in [6, 6.07) is 0. The standard InChI is InChI=1S/C9H11N3O/c1-3-4-2-5-7(6(3)4)11-12-8(5)9(10)13/h3-4,6H,2H2,1H3,(H2,10,13)(H,11,12)/t3-,4-,6+/m0/s1. The summed E-state index contributed by atoms with van der Waals surface area (Å²) in [6.45, 7) is 2.24. The molecule has 1 fully saturated rings. The largest absolute Gasteiger partial charge is 0.364 e. The van der Waals surface area contributed by atoms with Crippen LogP contribution in [0.5, 0.6) is 0 Å². The molecule has 1 heterocycles. The van der Waals surface area contributed by atoms with E-state index < -0.39 is 5.91 Å². The van der Waals surface area contributed by atoms with Crippen molar-refractivity contribution in [3.63, 3.8) is 0 Å². The molecule has 68 valence electrons. The number of hydrogen-bond donors (Lipinski definition) is 2. The van der Waals surface area contributed by atoms with Gasteiger partial charge in [-0.25, -0.2) is 0 Å². The first-order valence-electron chi connectivity index (χ1n) is 4.57. The smallest absolute Gasteiger partial charge is 0.269 e. The fraction of sp³-hybridized carbons (Fsp3) is 0.556. The van der Waals surface area contributed by atoms with Crippen LogP contribution in [0.15, 0.2) is 0 Å². The lowest BCUT2D eigenvalue weighted by atomic mass is 10.1. The molecule has 3 atom stereocenters. The van der Waals surface area contributed by atoms with Gasteiger partial charge in [-0.1, -0.05) is 6.92 Å². The lowest BCUT2D eigenvalue weighted by molar-refractivity contribution is 0.0994. The van der Waals surface area contributed by atoms with Crippen molar-refractivity contribution in [2.24, 2.45) is 17.6 Å². The molecule has 0 aliphatic heterocycles. The summed E-state index contributed by atoms with van der Waals surface area (Å²) in [5.41, 5.74) is 7.89. The molecule has 0 unspecified atom stereocenters. The number of nitrogens with two attached hydrogens (primary N) is 1. The van der Waals surface area contributed by atoms with Crippen LogP contribution in [0.2, 0.25) is 0 Å². The molecule has 0 aromatic carbocycles. The summed E-state index contributed by atoms with van der Waals surface area (Å²) in [6.07, 6.45) is 0.982. The number of fused-ring (bicyclic) bond motifs is 3. The van der Waals surface area contributed by atoms with Gasteiger partial charge in [-0.05, 0) is 18.3 Å². The Bertz CT molecular complexity index is 396. The van der Waals surface area contributed by atoms with E-state index in [9.17, 15) is 4.79 Å². The number of primary amides is 1. The molecule has 1 saturated carbocycles. The topological polar surface area (TPSA) is 71.8 Å². The fourth-order valence-corrected chi connectivity index (χ4v) is 2.64. The number of carbonyl (C=O) groups is 1. The van der Waals surface area contributed by atoms with Crippen molar-refractivity contribution in [2.45, 2.75) is 19.3 Å². The molecule has 0 bridgehead atoms. The molecule has 2 aliphatic rings. The maximum atomic E-state index is 11.0. The number of hydrogen-bond acceptors (Lipinski definition) is 2. The summed E-state index contributed by atoms with van der Waals surface area (Å²) in [7, 11) is 0. The van der Waals surface area contributed by atoms with Crippen molar-refractivity contribution in [3.05, 3.63) is 17.0 Å². The molecule has 3 N–H and O–H groups in total. The van der Waals surface area contributed by atoms with Gasteiger partial charge in [-0.15, -0.1) is 0 Å². The SMILES string of the molecule is C[C@H]1[C@@H]2Cc3c(C(N)=O)n[nH]c3[C@H]12. The van der Waals surface area contributed by atoms with E-state index in [-0.39, 0.29) is 0 Å². The van der Waals surface area contributed by atoms with Gasteiger partial charge in [0.15, 0.2) is 5.69 Å². The van der Waals surface area contributed by atoms with E-state index in [0.29, 0.717) is 11.6 Å². The Morgan fingerprint density at radius 2 is 2.46 bits per heavy atom. The van der Waals surface area contributed by atoms with E-state index in [0.717, 1.165) is 29.5 Å². The molecule has 13 heavy (non-hydrogen) atoms. The van der Waals surface area contributed by atoms with Gasteiger partial charge in [0.05, 0.1) is 0 Å². The van der Waals surface area contributed by atoms with Crippen molar-refractivity contribution in [2.75, 3.05) is 0 Å². The molecule has 0 saturated heterocycles. The summed E-state index contributed by atoms with van der Waals surface area (Å²) < 4.78 is 0. The zero-order valence-corrected chi connectivity index (χ0v) is 7.37. The number of nitrogens with zero attached hydrogens (tertiary/aromatic N) is 1. The summed E-state index contributed by atoms with van der Waals surface area (Å²) in [5, 5.41) is 6.89. The minimum absolute atomic E-state index is 0.411. The molecule has 4 nitrogen and oxygen atoms in total. The van der Waals surface area contributed by atoms with E-state index in [1.165, 1.54) is 0 Å². The highest BCUT2D eigenvalue weighted by molar-refractivity contribution is 5.92. The van der Waals surface area contributed by atoms with Crippen LogP contribution in [-0.2, 0) is 6.42 Å². The first-order valence-corrected chi connectivity index (χ1v) is 4.57. The van der Waals surface area contributed by atoms with Crippen molar-refractivity contribution in [3.8, 4) is 0 Å². The lowest BCUT2D eigenvalue weighted by Gasteiger charge is -1.97. The van der Waals surface area contributed by atoms with Crippen LogP contribution in [0, 0.1) is 11.8 Å². The Balaban J connectivity index is 2.08. The molecule has 1 aromatic rings. The summed E-state index contributed by atoms with van der Waals surface area (Å²) in [4.78, 5) is 11.0. The molecule has 0 radical (unpaired) electrons. The van der Waals surface area contributed by atoms with Crippen molar-refractivity contribution in [1.82, 2.24) is 10.2 Å². The van der Waals surface area contributed by atoms with Crippen LogP contribution in [0.3, 0.4) is 0 Å². The lowest BCUT2D eigenvalue weighted by Crippen LogP contribution is -2.13. The fourth-order valence-electron chi connectivity index (χ4n) is 2.64. The third-order valence-corrected chi connectivity index (χ3v) is 3.47. The monoisotopic (exact) mass is 177 g/mol. The van der Waals surface area contributed by atoms with Gasteiger partial charge in [-0.3, -0.25) is 9.89 Å². The van der Waals surface area contributed by atoms with Gasteiger partial charge in [-0.2, -0.15) is 5.10 Å². The van der Waals surface area contributed by atoms with Crippen LogP contribution in [0.1, 0.15) is 34.6 Å². The maximum absolute atomic E-state index is 11.0. The van der Waals surface area contributed by atoms with Gasteiger partial charge in [0, 0.05) is 17.2 Å². The van der Waals surface area contributed by atoms with Crippen LogP contribution in [0.25, 0.3) is 0 Å². The molecular weight excluding hydrogens is 166 g/mol. The highest BCUT2D eigenvalue weighted by Gasteiger charge is 2.55. The van der Waals surface area contributed by atoms with Crippen LogP contribution < -0.4 is 5.73 Å². The zero-order valence-electron chi connectivity index (χ0n) is 7.37. The Labute approximate surface area is 75.5 Å². The predicted molar refractivity (Wildman–Crippen MR) is 46.2 cm³/mol. The van der Waals surface area contributed by atoms with E-state index in [1.807, 2.05) is 0 Å². The molecule has 4 heteroatoms. The minimum Gasteiger partial charge on any atom is -0.364 e. The first-order chi connectivity index (χ1) is 6.20. The van der Waals surface area contributed by atoms with Crippen LogP contribution >= 0.6 is 0 Å². The molecule has 0 spiro atoms. The second-order valence-electron chi connectivity index (χ2n) is 4.08. The van der Waals surface area contributed by atoms with Gasteiger partial charge < -0.3 is 5.73 Å². The Morgan fingerprint density at radius 3 is 3.15 bits per heavy atom. The van der Waals surface area contributed by atoms with E-state index >= 15 is 0 Å². The zero-order chi connectivity index (χ0) is 9.16. The second-order valence-corrected chi connectivity index (χ2v) is 4.08. The van der Waals surface area contributed by atoms with Gasteiger partial charge in [0.2, 0.25) is 0 Å². The van der Waals surface area contributed by atoms with Gasteiger partial charge >= 0.3 is 0 Å².